The highest BCUT2D eigenvalue weighted by molar-refractivity contribution is 5.77. The molecule has 0 saturated carbocycles. The van der Waals surface area contributed by atoms with Gasteiger partial charge in [-0.15, -0.1) is 0 Å². The van der Waals surface area contributed by atoms with Crippen LogP contribution < -0.4 is 14.8 Å². The molecule has 1 aromatic carbocycles. The van der Waals surface area contributed by atoms with E-state index in [2.05, 4.69) is 10.2 Å². The zero-order chi connectivity index (χ0) is 16.2. The fraction of sp³-hybridized carbons (Fsp3) is 0.611. The Balaban J connectivity index is 1.65. The second-order valence-electron chi connectivity index (χ2n) is 6.40. The van der Waals surface area contributed by atoms with Crippen LogP contribution in [0.15, 0.2) is 18.2 Å². The first-order valence-electron chi connectivity index (χ1n) is 8.45. The normalized spacial score (nSPS) is 23.5. The molecule has 2 aliphatic rings. The number of nitrogens with zero attached hydrogens (tertiary/aromatic N) is 1. The molecule has 2 fully saturated rings. The van der Waals surface area contributed by atoms with Crippen LogP contribution >= 0.6 is 0 Å². The first-order valence-corrected chi connectivity index (χ1v) is 8.45. The molecule has 0 radical (unpaired) electrons. The van der Waals surface area contributed by atoms with E-state index in [1.165, 1.54) is 0 Å². The molecule has 1 N–H and O–H groups in total. The van der Waals surface area contributed by atoms with Gasteiger partial charge in [-0.05, 0) is 49.9 Å². The maximum atomic E-state index is 12.7. The Hall–Kier alpha value is -1.75. The van der Waals surface area contributed by atoms with Gasteiger partial charge < -0.3 is 19.7 Å². The Morgan fingerprint density at radius 1 is 1.13 bits per heavy atom. The van der Waals surface area contributed by atoms with Crippen molar-refractivity contribution < 1.29 is 14.3 Å². The van der Waals surface area contributed by atoms with E-state index >= 15 is 0 Å². The van der Waals surface area contributed by atoms with Crippen LogP contribution in [-0.2, 0) is 11.2 Å². The van der Waals surface area contributed by atoms with Gasteiger partial charge in [0.1, 0.15) is 11.5 Å². The van der Waals surface area contributed by atoms with Gasteiger partial charge in [-0.1, -0.05) is 0 Å². The van der Waals surface area contributed by atoms with Crippen molar-refractivity contribution in [1.29, 1.82) is 0 Å². The highest BCUT2D eigenvalue weighted by Crippen LogP contribution is 2.29. The SMILES string of the molecule is COc1cc(CCC(=O)N2C3CCNCC2CC3)cc(OC)c1. The molecule has 5 nitrogen and oxygen atoms in total. The number of aryl methyl sites for hydroxylation is 1. The summed E-state index contributed by atoms with van der Waals surface area (Å²) in [5, 5.41) is 3.44. The quantitative estimate of drug-likeness (QED) is 0.902. The number of benzene rings is 1. The third kappa shape index (κ3) is 3.61. The topological polar surface area (TPSA) is 50.8 Å². The van der Waals surface area contributed by atoms with E-state index < -0.39 is 0 Å². The van der Waals surface area contributed by atoms with Gasteiger partial charge in [0.25, 0.3) is 0 Å². The molecule has 2 bridgehead atoms. The highest BCUT2D eigenvalue weighted by atomic mass is 16.5. The molecule has 2 saturated heterocycles. The van der Waals surface area contributed by atoms with Crippen molar-refractivity contribution in [2.24, 2.45) is 0 Å². The first kappa shape index (κ1) is 16.1. The zero-order valence-electron chi connectivity index (χ0n) is 14.0. The van der Waals surface area contributed by atoms with Crippen molar-refractivity contribution in [3.8, 4) is 11.5 Å². The number of hydrogen-bond donors (Lipinski definition) is 1. The molecule has 2 unspecified atom stereocenters. The van der Waals surface area contributed by atoms with Crippen LogP contribution in [0.4, 0.5) is 0 Å². The summed E-state index contributed by atoms with van der Waals surface area (Å²) < 4.78 is 10.6. The van der Waals surface area contributed by atoms with Crippen molar-refractivity contribution in [2.45, 2.75) is 44.2 Å². The average molecular weight is 318 g/mol. The average Bonchev–Trinajstić information content (AvgIpc) is 2.85. The molecule has 2 atom stereocenters. The second kappa shape index (κ2) is 7.21. The number of carbonyl (C=O) groups is 1. The summed E-state index contributed by atoms with van der Waals surface area (Å²) in [6, 6.07) is 6.63. The number of methoxy groups -OCH3 is 2. The van der Waals surface area contributed by atoms with Gasteiger partial charge >= 0.3 is 0 Å². The molecular formula is C18H26N2O3. The van der Waals surface area contributed by atoms with Gasteiger partial charge in [0.2, 0.25) is 5.91 Å². The molecule has 0 spiro atoms. The molecular weight excluding hydrogens is 292 g/mol. The highest BCUT2D eigenvalue weighted by Gasteiger charge is 2.37. The number of ether oxygens (including phenoxy) is 2. The van der Waals surface area contributed by atoms with E-state index in [-0.39, 0.29) is 5.91 Å². The van der Waals surface area contributed by atoms with Gasteiger partial charge in [-0.25, -0.2) is 0 Å². The van der Waals surface area contributed by atoms with Crippen molar-refractivity contribution in [2.75, 3.05) is 27.3 Å². The maximum Gasteiger partial charge on any atom is 0.223 e. The van der Waals surface area contributed by atoms with E-state index in [0.717, 1.165) is 55.8 Å². The van der Waals surface area contributed by atoms with E-state index in [1.807, 2.05) is 18.2 Å². The van der Waals surface area contributed by atoms with Crippen LogP contribution in [0.5, 0.6) is 11.5 Å². The minimum Gasteiger partial charge on any atom is -0.497 e. The predicted molar refractivity (Wildman–Crippen MR) is 89.0 cm³/mol. The van der Waals surface area contributed by atoms with Crippen molar-refractivity contribution >= 4 is 5.91 Å². The van der Waals surface area contributed by atoms with Gasteiger partial charge in [0.05, 0.1) is 14.2 Å². The molecule has 126 valence electrons. The minimum atomic E-state index is 0.281. The third-order valence-electron chi connectivity index (χ3n) is 4.98. The van der Waals surface area contributed by atoms with E-state index in [4.69, 9.17) is 9.47 Å². The van der Waals surface area contributed by atoms with Gasteiger partial charge in [-0.2, -0.15) is 0 Å². The van der Waals surface area contributed by atoms with Gasteiger partial charge in [-0.3, -0.25) is 4.79 Å². The molecule has 0 aromatic heterocycles. The Labute approximate surface area is 137 Å². The monoisotopic (exact) mass is 318 g/mol. The molecule has 2 aliphatic heterocycles. The number of rotatable bonds is 5. The smallest absolute Gasteiger partial charge is 0.223 e. The zero-order valence-corrected chi connectivity index (χ0v) is 14.0. The molecule has 2 heterocycles. The van der Waals surface area contributed by atoms with Crippen LogP contribution in [0.1, 0.15) is 31.2 Å². The summed E-state index contributed by atoms with van der Waals surface area (Å²) in [7, 11) is 3.29. The fourth-order valence-corrected chi connectivity index (χ4v) is 3.78. The predicted octanol–water partition coefficient (Wildman–Crippen LogP) is 1.99. The van der Waals surface area contributed by atoms with Crippen molar-refractivity contribution in [3.05, 3.63) is 23.8 Å². The van der Waals surface area contributed by atoms with Crippen LogP contribution in [-0.4, -0.2) is 50.2 Å². The summed E-state index contributed by atoms with van der Waals surface area (Å²) in [5.74, 6) is 1.82. The summed E-state index contributed by atoms with van der Waals surface area (Å²) in [4.78, 5) is 14.9. The number of nitrogens with one attached hydrogen (secondary N) is 1. The summed E-state index contributed by atoms with van der Waals surface area (Å²) in [5.41, 5.74) is 1.08. The van der Waals surface area contributed by atoms with Gasteiger partial charge in [0.15, 0.2) is 0 Å². The van der Waals surface area contributed by atoms with Gasteiger partial charge in [0, 0.05) is 31.1 Å². The van der Waals surface area contributed by atoms with Crippen molar-refractivity contribution in [3.63, 3.8) is 0 Å². The molecule has 1 aromatic rings. The Morgan fingerprint density at radius 2 is 1.83 bits per heavy atom. The molecule has 23 heavy (non-hydrogen) atoms. The van der Waals surface area contributed by atoms with Crippen LogP contribution in [0, 0.1) is 0 Å². The standard InChI is InChI=1S/C18H26N2O3/c1-22-16-9-13(10-17(11-16)23-2)3-6-18(21)20-14-4-5-15(20)12-19-8-7-14/h9-11,14-15,19H,3-8,12H2,1-2H3. The lowest BCUT2D eigenvalue weighted by molar-refractivity contribution is -0.133. The van der Waals surface area contributed by atoms with Crippen molar-refractivity contribution in [1.82, 2.24) is 10.2 Å². The van der Waals surface area contributed by atoms with E-state index in [0.29, 0.717) is 18.5 Å². The maximum absolute atomic E-state index is 12.7. The number of fused-ring (bicyclic) bond motifs is 2. The lowest BCUT2D eigenvalue weighted by Crippen LogP contribution is -2.42. The number of carbonyl (C=O) groups excluding carboxylic acids is 1. The second-order valence-corrected chi connectivity index (χ2v) is 6.40. The molecule has 1 amide bonds. The summed E-state index contributed by atoms with van der Waals surface area (Å²) >= 11 is 0. The van der Waals surface area contributed by atoms with E-state index in [1.54, 1.807) is 14.2 Å². The largest absolute Gasteiger partial charge is 0.497 e. The van der Waals surface area contributed by atoms with Crippen LogP contribution in [0.3, 0.4) is 0 Å². The first-order chi connectivity index (χ1) is 11.2. The third-order valence-corrected chi connectivity index (χ3v) is 4.98. The Kier molecular flexibility index (Phi) is 5.06. The Morgan fingerprint density at radius 3 is 2.52 bits per heavy atom. The minimum absolute atomic E-state index is 0.281. The number of hydrogen-bond acceptors (Lipinski definition) is 4. The molecule has 0 aliphatic carbocycles. The van der Waals surface area contributed by atoms with Crippen LogP contribution in [0.2, 0.25) is 0 Å². The summed E-state index contributed by atoms with van der Waals surface area (Å²) in [6.07, 6.45) is 4.63. The molecule has 5 heteroatoms. The lowest BCUT2D eigenvalue weighted by atomic mass is 10.1. The lowest BCUT2D eigenvalue weighted by Gasteiger charge is -2.28. The number of amides is 1. The fourth-order valence-electron chi connectivity index (χ4n) is 3.78. The van der Waals surface area contributed by atoms with Crippen LogP contribution in [0.25, 0.3) is 0 Å². The molecule has 3 rings (SSSR count). The Bertz CT molecular complexity index is 525. The van der Waals surface area contributed by atoms with E-state index in [9.17, 15) is 4.79 Å². The summed E-state index contributed by atoms with van der Waals surface area (Å²) in [6.45, 7) is 1.97.